The molecule has 38 heavy (non-hydrogen) atoms. The first-order chi connectivity index (χ1) is 18.0. The van der Waals surface area contributed by atoms with Crippen molar-refractivity contribution in [1.82, 2.24) is 0 Å². The molecule has 4 rings (SSSR count). The van der Waals surface area contributed by atoms with Gasteiger partial charge in [-0.05, 0) is 35.9 Å². The van der Waals surface area contributed by atoms with Crippen LogP contribution in [0.15, 0.2) is 36.1 Å². The van der Waals surface area contributed by atoms with Crippen molar-refractivity contribution < 1.29 is 63.6 Å². The van der Waals surface area contributed by atoms with E-state index in [1.54, 1.807) is 0 Å². The van der Waals surface area contributed by atoms with Gasteiger partial charge in [0.2, 0.25) is 17.8 Å². The highest BCUT2D eigenvalue weighted by Gasteiger charge is 2.48. The molecule has 0 unspecified atom stereocenters. The van der Waals surface area contributed by atoms with Crippen molar-refractivity contribution in [2.24, 2.45) is 0 Å². The first-order valence-electron chi connectivity index (χ1n) is 11.3. The second-order valence-corrected chi connectivity index (χ2v) is 8.50. The summed E-state index contributed by atoms with van der Waals surface area (Å²) in [5.74, 6) is -4.15. The van der Waals surface area contributed by atoms with Crippen molar-refractivity contribution in [3.8, 4) is 28.7 Å². The van der Waals surface area contributed by atoms with Crippen LogP contribution in [0.3, 0.4) is 0 Å². The second-order valence-electron chi connectivity index (χ2n) is 8.50. The number of carbonyl (C=O) groups is 3. The fourth-order valence-corrected chi connectivity index (χ4v) is 3.89. The monoisotopic (exact) mass is 532 g/mol. The normalized spacial score (nSPS) is 25.4. The lowest BCUT2D eigenvalue weighted by Gasteiger charge is -2.41. The van der Waals surface area contributed by atoms with Gasteiger partial charge in [0.15, 0.2) is 41.0 Å². The molecule has 2 heterocycles. The highest BCUT2D eigenvalue weighted by atomic mass is 16.7. The Kier molecular flexibility index (Phi) is 7.44. The Balaban J connectivity index is 1.58. The molecule has 202 valence electrons. The molecule has 5 N–H and O–H groups in total. The Hall–Kier alpha value is -4.33. The number of rotatable bonds is 6. The van der Waals surface area contributed by atoms with E-state index in [2.05, 4.69) is 0 Å². The van der Waals surface area contributed by atoms with Crippen LogP contribution >= 0.6 is 0 Å². The third-order valence-corrected chi connectivity index (χ3v) is 5.71. The third kappa shape index (κ3) is 5.34. The molecule has 0 aromatic heterocycles. The number of ether oxygens (including phenoxy) is 5. The maximum Gasteiger partial charge on any atom is 0.303 e. The van der Waals surface area contributed by atoms with Gasteiger partial charge in [0.1, 0.15) is 18.8 Å². The molecular formula is C25H24O13. The van der Waals surface area contributed by atoms with Crippen LogP contribution in [-0.2, 0) is 23.8 Å². The van der Waals surface area contributed by atoms with Crippen LogP contribution in [0.2, 0.25) is 0 Å². The molecule has 2 aromatic carbocycles. The quantitative estimate of drug-likeness (QED) is 0.198. The SMILES string of the molecule is CC(=O)OC[C@H]1O[C@@H](Oc2ccc3c(c2O)OC(=Cc2ccc(O)c(O)c2)C3=O)[C@H](O)[C@@H](OC(C)=O)[C@@H]1O. The Morgan fingerprint density at radius 1 is 1.00 bits per heavy atom. The number of aliphatic hydroxyl groups is 2. The van der Waals surface area contributed by atoms with Gasteiger partial charge in [0, 0.05) is 13.8 Å². The zero-order chi connectivity index (χ0) is 27.7. The van der Waals surface area contributed by atoms with Gasteiger partial charge >= 0.3 is 11.9 Å². The van der Waals surface area contributed by atoms with Crippen LogP contribution in [-0.4, -0.2) is 80.6 Å². The van der Waals surface area contributed by atoms with Gasteiger partial charge in [-0.3, -0.25) is 14.4 Å². The second kappa shape index (κ2) is 10.6. The maximum atomic E-state index is 12.8. The Morgan fingerprint density at radius 3 is 2.39 bits per heavy atom. The zero-order valence-corrected chi connectivity index (χ0v) is 20.1. The fraction of sp³-hybridized carbons (Fsp3) is 0.320. The average Bonchev–Trinajstić information content (AvgIpc) is 3.17. The van der Waals surface area contributed by atoms with Crippen LogP contribution in [0.1, 0.15) is 29.8 Å². The summed E-state index contributed by atoms with van der Waals surface area (Å²) in [6.07, 6.45) is -6.40. The molecule has 0 amide bonds. The Morgan fingerprint density at radius 2 is 1.74 bits per heavy atom. The molecule has 1 saturated heterocycles. The molecule has 13 nitrogen and oxygen atoms in total. The predicted octanol–water partition coefficient (Wildman–Crippen LogP) is 0.740. The van der Waals surface area contributed by atoms with Gasteiger partial charge in [-0.25, -0.2) is 0 Å². The van der Waals surface area contributed by atoms with E-state index in [1.165, 1.54) is 36.4 Å². The number of phenolic OH excluding ortho intramolecular Hbond substituents is 3. The summed E-state index contributed by atoms with van der Waals surface area (Å²) in [5, 5.41) is 51.1. The summed E-state index contributed by atoms with van der Waals surface area (Å²) in [6.45, 7) is 1.76. The molecule has 13 heteroatoms. The Labute approximate surface area is 215 Å². The first-order valence-corrected chi connectivity index (χ1v) is 11.3. The predicted molar refractivity (Wildman–Crippen MR) is 124 cm³/mol. The molecule has 0 spiro atoms. The molecule has 5 atom stereocenters. The minimum absolute atomic E-state index is 0.00448. The average molecular weight is 532 g/mol. The van der Waals surface area contributed by atoms with Crippen molar-refractivity contribution in [2.45, 2.75) is 44.6 Å². The zero-order valence-electron chi connectivity index (χ0n) is 20.1. The number of benzene rings is 2. The van der Waals surface area contributed by atoms with E-state index in [4.69, 9.17) is 23.7 Å². The van der Waals surface area contributed by atoms with Crippen LogP contribution < -0.4 is 9.47 Å². The van der Waals surface area contributed by atoms with Crippen molar-refractivity contribution >= 4 is 23.8 Å². The number of aromatic hydroxyl groups is 3. The maximum absolute atomic E-state index is 12.8. The highest BCUT2D eigenvalue weighted by Crippen LogP contribution is 2.45. The molecule has 0 bridgehead atoms. The van der Waals surface area contributed by atoms with Crippen molar-refractivity contribution in [3.63, 3.8) is 0 Å². The molecule has 0 saturated carbocycles. The lowest BCUT2D eigenvalue weighted by atomic mass is 9.99. The number of aliphatic hydroxyl groups excluding tert-OH is 2. The topological polar surface area (TPSA) is 199 Å². The smallest absolute Gasteiger partial charge is 0.303 e. The summed E-state index contributed by atoms with van der Waals surface area (Å²) < 4.78 is 26.5. The summed E-state index contributed by atoms with van der Waals surface area (Å²) >= 11 is 0. The third-order valence-electron chi connectivity index (χ3n) is 5.71. The molecule has 0 aliphatic carbocycles. The first kappa shape index (κ1) is 26.7. The van der Waals surface area contributed by atoms with Crippen molar-refractivity contribution in [1.29, 1.82) is 0 Å². The van der Waals surface area contributed by atoms with E-state index in [0.29, 0.717) is 5.56 Å². The molecule has 2 aliphatic rings. The van der Waals surface area contributed by atoms with Gasteiger partial charge in [-0.1, -0.05) is 6.07 Å². The highest BCUT2D eigenvalue weighted by molar-refractivity contribution is 6.15. The van der Waals surface area contributed by atoms with E-state index >= 15 is 0 Å². The standard InChI is InChI=1S/C25H24O13/c1-10(26)34-9-18-21(32)24(35-11(2)27)22(33)25(38-18)37-16-6-4-13-19(30)17(36-23(13)20(16)31)8-12-3-5-14(28)15(29)7-12/h3-8,18,21-22,24-25,28-29,31-33H,9H2,1-2H3/t18-,21-,22-,24+,25-/m1/s1. The van der Waals surface area contributed by atoms with Crippen LogP contribution in [0.4, 0.5) is 0 Å². The minimum Gasteiger partial charge on any atom is -0.504 e. The van der Waals surface area contributed by atoms with Crippen molar-refractivity contribution in [3.05, 3.63) is 47.2 Å². The molecule has 1 fully saturated rings. The number of Topliss-reactive ketones (excluding diaryl/α,β-unsaturated/α-hetero) is 1. The van der Waals surface area contributed by atoms with Crippen molar-refractivity contribution in [2.75, 3.05) is 6.61 Å². The van der Waals surface area contributed by atoms with Gasteiger partial charge < -0.3 is 49.2 Å². The van der Waals surface area contributed by atoms with E-state index in [-0.39, 0.29) is 28.6 Å². The van der Waals surface area contributed by atoms with Gasteiger partial charge in [0.25, 0.3) is 0 Å². The summed E-state index contributed by atoms with van der Waals surface area (Å²) in [6, 6.07) is 6.37. The number of hydrogen-bond acceptors (Lipinski definition) is 13. The summed E-state index contributed by atoms with van der Waals surface area (Å²) in [7, 11) is 0. The van der Waals surface area contributed by atoms with E-state index in [9.17, 15) is 39.9 Å². The number of phenols is 3. The number of hydrogen-bond donors (Lipinski definition) is 5. The minimum atomic E-state index is -1.73. The molecule has 2 aromatic rings. The molecular weight excluding hydrogens is 508 g/mol. The summed E-state index contributed by atoms with van der Waals surface area (Å²) in [5.41, 5.74) is 0.329. The number of esters is 2. The van der Waals surface area contributed by atoms with Crippen LogP contribution in [0.25, 0.3) is 6.08 Å². The van der Waals surface area contributed by atoms with Gasteiger partial charge in [0.05, 0.1) is 5.56 Å². The number of allylic oxidation sites excluding steroid dienone is 1. The Bertz CT molecular complexity index is 1300. The van der Waals surface area contributed by atoms with Crippen LogP contribution in [0.5, 0.6) is 28.7 Å². The lowest BCUT2D eigenvalue weighted by Crippen LogP contribution is -2.61. The fourth-order valence-electron chi connectivity index (χ4n) is 3.89. The number of carbonyl (C=O) groups excluding carboxylic acids is 3. The largest absolute Gasteiger partial charge is 0.504 e. The number of fused-ring (bicyclic) bond motifs is 1. The van der Waals surface area contributed by atoms with E-state index in [0.717, 1.165) is 13.8 Å². The van der Waals surface area contributed by atoms with E-state index < -0.39 is 66.5 Å². The summed E-state index contributed by atoms with van der Waals surface area (Å²) in [4.78, 5) is 35.5. The van der Waals surface area contributed by atoms with Gasteiger partial charge in [-0.15, -0.1) is 0 Å². The molecule has 2 aliphatic heterocycles. The number of ketones is 1. The molecule has 0 radical (unpaired) electrons. The van der Waals surface area contributed by atoms with Gasteiger partial charge in [-0.2, -0.15) is 0 Å². The van der Waals surface area contributed by atoms with E-state index in [1.807, 2.05) is 0 Å². The lowest BCUT2D eigenvalue weighted by molar-refractivity contribution is -0.282. The van der Waals surface area contributed by atoms with Crippen LogP contribution in [0, 0.1) is 0 Å².